The van der Waals surface area contributed by atoms with Gasteiger partial charge in [-0.15, -0.1) is 0 Å². The van der Waals surface area contributed by atoms with Crippen molar-refractivity contribution in [2.75, 3.05) is 26.7 Å². The topological polar surface area (TPSA) is 32.8 Å². The molecule has 2 rings (SSSR count). The second kappa shape index (κ2) is 7.53. The Balaban J connectivity index is 1.99. The molecular weight excluding hydrogens is 321 g/mol. The summed E-state index contributed by atoms with van der Waals surface area (Å²) in [5.41, 5.74) is -0.484. The van der Waals surface area contributed by atoms with E-state index in [4.69, 9.17) is 4.74 Å². The van der Waals surface area contributed by atoms with Crippen LogP contribution in [0, 0.1) is 0 Å². The molecule has 2 unspecified atom stereocenters. The molecule has 134 valence electrons. The highest BCUT2D eigenvalue weighted by molar-refractivity contribution is 5.78. The number of hydrogen-bond acceptors (Lipinski definition) is 3. The van der Waals surface area contributed by atoms with E-state index in [1.54, 1.807) is 22.9 Å². The van der Waals surface area contributed by atoms with Crippen molar-refractivity contribution in [1.29, 1.82) is 0 Å². The van der Waals surface area contributed by atoms with Gasteiger partial charge >= 0.3 is 6.18 Å². The van der Waals surface area contributed by atoms with Crippen LogP contribution in [0.2, 0.25) is 0 Å². The second-order valence-electron chi connectivity index (χ2n) is 6.38. The summed E-state index contributed by atoms with van der Waals surface area (Å²) >= 11 is 0. The normalized spacial score (nSPS) is 22.0. The molecule has 1 aliphatic rings. The molecule has 1 aliphatic heterocycles. The number of halogens is 3. The number of rotatable bonds is 4. The number of benzene rings is 1. The number of alkyl halides is 3. The molecule has 1 amide bonds. The number of morpholine rings is 1. The van der Waals surface area contributed by atoms with Gasteiger partial charge in [0.2, 0.25) is 5.91 Å². The third-order valence-corrected chi connectivity index (χ3v) is 3.94. The van der Waals surface area contributed by atoms with Gasteiger partial charge in [0.25, 0.3) is 0 Å². The molecule has 1 aromatic rings. The Morgan fingerprint density at radius 1 is 1.25 bits per heavy atom. The maximum Gasteiger partial charge on any atom is 0.416 e. The van der Waals surface area contributed by atoms with Gasteiger partial charge in [-0.05, 0) is 32.5 Å². The van der Waals surface area contributed by atoms with Crippen LogP contribution in [-0.2, 0) is 22.3 Å². The Morgan fingerprint density at radius 2 is 1.83 bits per heavy atom. The van der Waals surface area contributed by atoms with Crippen LogP contribution in [0.1, 0.15) is 25.0 Å². The predicted octanol–water partition coefficient (Wildman–Crippen LogP) is 2.77. The van der Waals surface area contributed by atoms with Gasteiger partial charge in [0.05, 0.1) is 24.3 Å². The molecule has 0 aromatic heterocycles. The van der Waals surface area contributed by atoms with Gasteiger partial charge in [-0.3, -0.25) is 9.69 Å². The number of ether oxygens (including phenoxy) is 1. The number of hydrogen-bond donors (Lipinski definition) is 0. The zero-order valence-electron chi connectivity index (χ0n) is 14.1. The lowest BCUT2D eigenvalue weighted by atomic mass is 10.1. The summed E-state index contributed by atoms with van der Waals surface area (Å²) in [4.78, 5) is 15.7. The molecule has 1 saturated heterocycles. The maximum absolute atomic E-state index is 13.0. The minimum absolute atomic E-state index is 0.0334. The van der Waals surface area contributed by atoms with Gasteiger partial charge in [0, 0.05) is 19.6 Å². The van der Waals surface area contributed by atoms with Crippen molar-refractivity contribution in [3.63, 3.8) is 0 Å². The lowest BCUT2D eigenvalue weighted by Gasteiger charge is -2.36. The van der Waals surface area contributed by atoms with Gasteiger partial charge in [-0.2, -0.15) is 13.2 Å². The number of carbonyl (C=O) groups is 1. The van der Waals surface area contributed by atoms with Crippen LogP contribution in [0.15, 0.2) is 24.3 Å². The van der Waals surface area contributed by atoms with Gasteiger partial charge in [0.15, 0.2) is 0 Å². The Hall–Kier alpha value is -1.60. The minimum Gasteiger partial charge on any atom is -0.372 e. The van der Waals surface area contributed by atoms with E-state index in [2.05, 4.69) is 0 Å². The summed E-state index contributed by atoms with van der Waals surface area (Å²) in [6.45, 7) is 4.97. The summed E-state index contributed by atoms with van der Waals surface area (Å²) in [7, 11) is 1.65. The summed E-state index contributed by atoms with van der Waals surface area (Å²) in [5.74, 6) is -0.0935. The Morgan fingerprint density at radius 3 is 2.42 bits per heavy atom. The monoisotopic (exact) mass is 344 g/mol. The lowest BCUT2D eigenvalue weighted by molar-refractivity contribution is -0.144. The van der Waals surface area contributed by atoms with Crippen molar-refractivity contribution >= 4 is 5.91 Å². The molecule has 0 aliphatic carbocycles. The first kappa shape index (κ1) is 18.7. The molecule has 24 heavy (non-hydrogen) atoms. The summed E-state index contributed by atoms with van der Waals surface area (Å²) in [5, 5.41) is 0. The third kappa shape index (κ3) is 4.95. The van der Waals surface area contributed by atoms with Crippen molar-refractivity contribution in [2.24, 2.45) is 0 Å². The average Bonchev–Trinajstić information content (AvgIpc) is 2.45. The Bertz CT molecular complexity index is 567. The standard InChI is InChI=1S/C17H23F3N2O2/c1-12-8-22(9-13(2)24-12)16(23)11-21(3)10-14-6-4-5-7-15(14)17(18,19)20/h4-7,12-13H,8-11H2,1-3H3. The smallest absolute Gasteiger partial charge is 0.372 e. The molecule has 1 fully saturated rings. The van der Waals surface area contributed by atoms with E-state index >= 15 is 0 Å². The van der Waals surface area contributed by atoms with E-state index in [1.165, 1.54) is 12.1 Å². The largest absolute Gasteiger partial charge is 0.416 e. The highest BCUT2D eigenvalue weighted by atomic mass is 19.4. The van der Waals surface area contributed by atoms with Crippen LogP contribution in [-0.4, -0.2) is 54.6 Å². The van der Waals surface area contributed by atoms with E-state index in [0.717, 1.165) is 6.07 Å². The number of likely N-dealkylation sites (N-methyl/N-ethyl adjacent to an activating group) is 1. The zero-order chi connectivity index (χ0) is 17.9. The first-order chi connectivity index (χ1) is 11.2. The van der Waals surface area contributed by atoms with E-state index < -0.39 is 11.7 Å². The van der Waals surface area contributed by atoms with Crippen LogP contribution in [0.4, 0.5) is 13.2 Å². The van der Waals surface area contributed by atoms with Crippen molar-refractivity contribution in [3.8, 4) is 0 Å². The molecular formula is C17H23F3N2O2. The van der Waals surface area contributed by atoms with Crippen molar-refractivity contribution in [3.05, 3.63) is 35.4 Å². The average molecular weight is 344 g/mol. The molecule has 1 aromatic carbocycles. The first-order valence-electron chi connectivity index (χ1n) is 7.93. The quantitative estimate of drug-likeness (QED) is 0.842. The first-order valence-corrected chi connectivity index (χ1v) is 7.93. The van der Waals surface area contributed by atoms with E-state index in [-0.39, 0.29) is 36.8 Å². The molecule has 0 radical (unpaired) electrons. The Kier molecular flexibility index (Phi) is 5.87. The van der Waals surface area contributed by atoms with E-state index in [9.17, 15) is 18.0 Å². The molecule has 7 heteroatoms. The molecule has 0 N–H and O–H groups in total. The number of amides is 1. The van der Waals surface area contributed by atoms with Crippen LogP contribution in [0.3, 0.4) is 0 Å². The lowest BCUT2D eigenvalue weighted by Crippen LogP contribution is -2.50. The van der Waals surface area contributed by atoms with Crippen LogP contribution in [0.5, 0.6) is 0 Å². The number of nitrogens with zero attached hydrogens (tertiary/aromatic N) is 2. The Labute approximate surface area is 140 Å². The van der Waals surface area contributed by atoms with Crippen LogP contribution >= 0.6 is 0 Å². The van der Waals surface area contributed by atoms with E-state index in [0.29, 0.717) is 13.1 Å². The van der Waals surface area contributed by atoms with E-state index in [1.807, 2.05) is 13.8 Å². The molecule has 0 spiro atoms. The maximum atomic E-state index is 13.0. The predicted molar refractivity (Wildman–Crippen MR) is 84.4 cm³/mol. The fourth-order valence-corrected chi connectivity index (χ4v) is 2.99. The van der Waals surface area contributed by atoms with Gasteiger partial charge < -0.3 is 9.64 Å². The van der Waals surface area contributed by atoms with Gasteiger partial charge in [-0.1, -0.05) is 18.2 Å². The van der Waals surface area contributed by atoms with Gasteiger partial charge in [-0.25, -0.2) is 0 Å². The fourth-order valence-electron chi connectivity index (χ4n) is 2.99. The summed E-state index contributed by atoms with van der Waals surface area (Å²) in [6.07, 6.45) is -4.46. The van der Waals surface area contributed by atoms with Crippen molar-refractivity contribution in [1.82, 2.24) is 9.80 Å². The number of carbonyl (C=O) groups excluding carboxylic acids is 1. The molecule has 2 atom stereocenters. The van der Waals surface area contributed by atoms with Crippen molar-refractivity contribution < 1.29 is 22.7 Å². The SMILES string of the molecule is CC1CN(C(=O)CN(C)Cc2ccccc2C(F)(F)F)CC(C)O1. The molecule has 0 bridgehead atoms. The second-order valence-corrected chi connectivity index (χ2v) is 6.38. The summed E-state index contributed by atoms with van der Waals surface area (Å²) in [6, 6.07) is 5.46. The van der Waals surface area contributed by atoms with Crippen LogP contribution < -0.4 is 0 Å². The third-order valence-electron chi connectivity index (χ3n) is 3.94. The van der Waals surface area contributed by atoms with Gasteiger partial charge in [0.1, 0.15) is 0 Å². The van der Waals surface area contributed by atoms with Crippen LogP contribution in [0.25, 0.3) is 0 Å². The highest BCUT2D eigenvalue weighted by Crippen LogP contribution is 2.32. The summed E-state index contributed by atoms with van der Waals surface area (Å²) < 4.78 is 44.7. The molecule has 1 heterocycles. The minimum atomic E-state index is -4.39. The zero-order valence-corrected chi connectivity index (χ0v) is 14.1. The van der Waals surface area contributed by atoms with Crippen molar-refractivity contribution in [2.45, 2.75) is 38.8 Å². The molecule has 0 saturated carbocycles. The molecule has 4 nitrogen and oxygen atoms in total. The highest BCUT2D eigenvalue weighted by Gasteiger charge is 2.33. The fraction of sp³-hybridized carbons (Fsp3) is 0.588.